The molecule has 0 saturated heterocycles. The number of nitrogens with zero attached hydrogens (tertiary/aromatic N) is 4. The Bertz CT molecular complexity index is 1030. The highest BCUT2D eigenvalue weighted by molar-refractivity contribution is 7.22. The minimum atomic E-state index is -3.00. The third kappa shape index (κ3) is 2.38. The molecule has 0 bridgehead atoms. The second-order valence-electron chi connectivity index (χ2n) is 5.16. The number of thiazole rings is 1. The van der Waals surface area contributed by atoms with Gasteiger partial charge in [0.15, 0.2) is 5.01 Å². The van der Waals surface area contributed by atoms with Crippen LogP contribution in [0.2, 0.25) is 0 Å². The van der Waals surface area contributed by atoms with Gasteiger partial charge >= 0.3 is 0 Å². The Morgan fingerprint density at radius 2 is 2.04 bits per heavy atom. The number of imidazole rings is 1. The summed E-state index contributed by atoms with van der Waals surface area (Å²) in [6.45, 7) is 0.801. The van der Waals surface area contributed by atoms with Crippen LogP contribution in [0, 0.1) is 0 Å². The second kappa shape index (κ2) is 5.08. The van der Waals surface area contributed by atoms with Gasteiger partial charge in [-0.3, -0.25) is 0 Å². The minimum absolute atomic E-state index is 0.0696. The number of fused-ring (bicyclic) bond motifs is 2. The number of rotatable bonds is 3. The summed E-state index contributed by atoms with van der Waals surface area (Å²) in [4.78, 5) is 9.10. The maximum Gasteiger partial charge on any atom is 0.298 e. The molecule has 10 heteroatoms. The zero-order valence-electron chi connectivity index (χ0n) is 12.4. The van der Waals surface area contributed by atoms with E-state index in [-0.39, 0.29) is 10.8 Å². The predicted octanol–water partition coefficient (Wildman–Crippen LogP) is 3.89. The van der Waals surface area contributed by atoms with E-state index in [0.29, 0.717) is 31.6 Å². The Morgan fingerprint density at radius 1 is 1.25 bits per heavy atom. The first-order valence-electron chi connectivity index (χ1n) is 6.77. The first-order valence-corrected chi connectivity index (χ1v) is 8.41. The average Bonchev–Trinajstić information content (AvgIpc) is 3.17. The number of phenolic OH excluding ortho intramolecular Hbond substituents is 1. The van der Waals surface area contributed by atoms with E-state index >= 15 is 0 Å². The molecule has 3 heterocycles. The fraction of sp³-hybridized carbons (Fsp3) is 0.214. The summed E-state index contributed by atoms with van der Waals surface area (Å²) < 4.78 is 33.6. The van der Waals surface area contributed by atoms with Gasteiger partial charge in [-0.15, -0.1) is 11.3 Å². The van der Waals surface area contributed by atoms with Crippen LogP contribution in [-0.2, 0) is 5.92 Å². The number of halogens is 2. The number of hydrogen-bond donors (Lipinski definition) is 1. The van der Waals surface area contributed by atoms with Crippen molar-refractivity contribution in [2.45, 2.75) is 12.8 Å². The number of benzene rings is 1. The quantitative estimate of drug-likeness (QED) is 0.594. The molecule has 0 atom stereocenters. The summed E-state index contributed by atoms with van der Waals surface area (Å²) >= 11 is 2.09. The summed E-state index contributed by atoms with van der Waals surface area (Å²) in [7, 11) is 1.50. The molecular weight excluding hydrogens is 358 g/mol. The lowest BCUT2D eigenvalue weighted by Gasteiger charge is -2.02. The summed E-state index contributed by atoms with van der Waals surface area (Å²) in [5.74, 6) is -2.43. The summed E-state index contributed by atoms with van der Waals surface area (Å²) in [5.41, 5.74) is 1.09. The molecule has 3 aromatic heterocycles. The van der Waals surface area contributed by atoms with Crippen molar-refractivity contribution >= 4 is 37.9 Å². The third-order valence-corrected chi connectivity index (χ3v) is 5.53. The fourth-order valence-corrected chi connectivity index (χ4v) is 3.92. The van der Waals surface area contributed by atoms with Gasteiger partial charge < -0.3 is 9.84 Å². The molecule has 0 aliphatic carbocycles. The predicted molar refractivity (Wildman–Crippen MR) is 87.3 cm³/mol. The molecule has 0 saturated carbocycles. The molecule has 0 fully saturated rings. The van der Waals surface area contributed by atoms with Crippen molar-refractivity contribution in [1.29, 1.82) is 0 Å². The number of hydrogen-bond acceptors (Lipinski definition) is 7. The Hall–Kier alpha value is -2.33. The van der Waals surface area contributed by atoms with E-state index in [2.05, 4.69) is 15.1 Å². The molecule has 6 nitrogen and oxygen atoms in total. The normalized spacial score (nSPS) is 12.3. The highest BCUT2D eigenvalue weighted by atomic mass is 32.1. The van der Waals surface area contributed by atoms with E-state index in [0.717, 1.165) is 18.3 Å². The molecule has 0 aliphatic heterocycles. The van der Waals surface area contributed by atoms with Crippen LogP contribution in [-0.4, -0.2) is 31.8 Å². The smallest absolute Gasteiger partial charge is 0.298 e. The van der Waals surface area contributed by atoms with Crippen LogP contribution in [0.15, 0.2) is 18.3 Å². The first kappa shape index (κ1) is 15.2. The number of aromatic nitrogens is 4. The number of phenols is 1. The fourth-order valence-electron chi connectivity index (χ4n) is 2.20. The zero-order valence-corrected chi connectivity index (χ0v) is 14.1. The Labute approximate surface area is 142 Å². The van der Waals surface area contributed by atoms with Gasteiger partial charge in [-0.1, -0.05) is 11.3 Å². The lowest BCUT2D eigenvalue weighted by molar-refractivity contribution is 0.0163. The van der Waals surface area contributed by atoms with Crippen molar-refractivity contribution in [3.05, 3.63) is 23.3 Å². The zero-order chi connectivity index (χ0) is 17.1. The van der Waals surface area contributed by atoms with Gasteiger partial charge in [-0.25, -0.2) is 14.5 Å². The second-order valence-corrected chi connectivity index (χ2v) is 7.12. The molecule has 0 radical (unpaired) electrons. The Balaban J connectivity index is 1.81. The van der Waals surface area contributed by atoms with Crippen LogP contribution in [0.4, 0.5) is 8.78 Å². The maximum absolute atomic E-state index is 13.3. The lowest BCUT2D eigenvalue weighted by atomic mass is 10.3. The third-order valence-electron chi connectivity index (χ3n) is 3.32. The lowest BCUT2D eigenvalue weighted by Crippen LogP contribution is -2.06. The van der Waals surface area contributed by atoms with Gasteiger partial charge in [0.05, 0.1) is 23.5 Å². The largest absolute Gasteiger partial charge is 0.506 e. The number of alkyl halides is 2. The van der Waals surface area contributed by atoms with Crippen LogP contribution in [0.3, 0.4) is 0 Å². The van der Waals surface area contributed by atoms with Crippen LogP contribution in [0.1, 0.15) is 11.9 Å². The topological polar surface area (TPSA) is 72.5 Å². The Morgan fingerprint density at radius 3 is 2.71 bits per heavy atom. The van der Waals surface area contributed by atoms with Gasteiger partial charge in [0.1, 0.15) is 22.2 Å². The van der Waals surface area contributed by atoms with Gasteiger partial charge in [-0.2, -0.15) is 13.9 Å². The molecule has 1 aromatic carbocycles. The molecule has 0 unspecified atom stereocenters. The van der Waals surface area contributed by atoms with Gasteiger partial charge in [0.25, 0.3) is 5.92 Å². The van der Waals surface area contributed by atoms with Crippen molar-refractivity contribution < 1.29 is 18.6 Å². The van der Waals surface area contributed by atoms with E-state index in [1.165, 1.54) is 29.0 Å². The number of aromatic hydroxyl groups is 1. The van der Waals surface area contributed by atoms with Crippen molar-refractivity contribution in [2.75, 3.05) is 7.11 Å². The highest BCUT2D eigenvalue weighted by Crippen LogP contribution is 2.38. The highest BCUT2D eigenvalue weighted by Gasteiger charge is 2.30. The van der Waals surface area contributed by atoms with Crippen molar-refractivity contribution in [2.24, 2.45) is 0 Å². The van der Waals surface area contributed by atoms with Gasteiger partial charge in [0.2, 0.25) is 4.96 Å². The molecule has 24 heavy (non-hydrogen) atoms. The van der Waals surface area contributed by atoms with Crippen LogP contribution in [0.25, 0.3) is 25.9 Å². The molecule has 0 amide bonds. The average molecular weight is 368 g/mol. The van der Waals surface area contributed by atoms with Crippen LogP contribution < -0.4 is 4.74 Å². The standard InChI is InChI=1S/C14H10F2N4O2S2/c1-14(15,16)12-19-20-5-8(18-13(20)24-12)11-17-7-3-6(22-2)4-9(21)10(7)23-11/h3-5,21H,1-2H3. The molecular formula is C14H10F2N4O2S2. The van der Waals surface area contributed by atoms with E-state index in [1.807, 2.05) is 0 Å². The first-order chi connectivity index (χ1) is 11.3. The van der Waals surface area contributed by atoms with Crippen LogP contribution in [0.5, 0.6) is 11.5 Å². The van der Waals surface area contributed by atoms with E-state index in [9.17, 15) is 13.9 Å². The summed E-state index contributed by atoms with van der Waals surface area (Å²) in [5, 5.41) is 14.2. The minimum Gasteiger partial charge on any atom is -0.506 e. The van der Waals surface area contributed by atoms with Gasteiger partial charge in [-0.05, 0) is 0 Å². The maximum atomic E-state index is 13.3. The number of ether oxygens (including phenoxy) is 1. The molecule has 4 aromatic rings. The number of methoxy groups -OCH3 is 1. The molecule has 0 aliphatic rings. The molecule has 0 spiro atoms. The molecule has 4 rings (SSSR count). The van der Waals surface area contributed by atoms with E-state index in [1.54, 1.807) is 12.3 Å². The monoisotopic (exact) mass is 368 g/mol. The van der Waals surface area contributed by atoms with Crippen molar-refractivity contribution in [3.63, 3.8) is 0 Å². The SMILES string of the molecule is COc1cc(O)c2sc(-c3cn4nc(C(C)(F)F)sc4n3)nc2c1. The molecule has 1 N–H and O–H groups in total. The van der Waals surface area contributed by atoms with Crippen LogP contribution >= 0.6 is 22.7 Å². The van der Waals surface area contributed by atoms with Crippen molar-refractivity contribution in [3.8, 4) is 22.2 Å². The summed E-state index contributed by atoms with van der Waals surface area (Å²) in [6, 6.07) is 3.22. The Kier molecular flexibility index (Phi) is 3.22. The van der Waals surface area contributed by atoms with E-state index < -0.39 is 5.92 Å². The van der Waals surface area contributed by atoms with E-state index in [4.69, 9.17) is 4.74 Å². The summed E-state index contributed by atoms with van der Waals surface area (Å²) in [6.07, 6.45) is 1.55. The molecule has 124 valence electrons. The van der Waals surface area contributed by atoms with Crippen molar-refractivity contribution in [1.82, 2.24) is 19.6 Å². The van der Waals surface area contributed by atoms with Gasteiger partial charge in [0, 0.05) is 19.1 Å².